The number of nitrogens with one attached hydrogen (secondary N) is 9. The highest BCUT2D eigenvalue weighted by Crippen LogP contribution is 2.28. The Morgan fingerprint density at radius 3 is 1.74 bits per heavy atom. The molecule has 0 aliphatic carbocycles. The fraction of sp³-hybridized carbons (Fsp3) is 0.740. The van der Waals surface area contributed by atoms with Crippen molar-refractivity contribution >= 4 is 99.5 Å². The molecule has 0 radical (unpaired) electrons. The van der Waals surface area contributed by atoms with Crippen LogP contribution >= 0.6 is 24.4 Å². The van der Waals surface area contributed by atoms with Crippen LogP contribution in [0.2, 0.25) is 0 Å². The van der Waals surface area contributed by atoms with E-state index in [2.05, 4.69) is 47.9 Å². The summed E-state index contributed by atoms with van der Waals surface area (Å²) < 4.78 is 24.0. The van der Waals surface area contributed by atoms with Gasteiger partial charge in [0.15, 0.2) is 12.6 Å². The molecule has 480 valence electrons. The van der Waals surface area contributed by atoms with Crippen LogP contribution in [0.3, 0.4) is 0 Å². The minimum Gasteiger partial charge on any atom is -0.481 e. The lowest BCUT2D eigenvalue weighted by Gasteiger charge is -2.46. The number of amides is 10. The summed E-state index contributed by atoms with van der Waals surface area (Å²) in [6, 6.07) is -11.6. The Morgan fingerprint density at radius 2 is 1.19 bits per heavy atom. The molecule has 33 nitrogen and oxygen atoms in total. The molecule has 3 saturated heterocycles. The van der Waals surface area contributed by atoms with Gasteiger partial charge in [0.2, 0.25) is 59.1 Å². The molecule has 3 aliphatic heterocycles. The normalized spacial score (nSPS) is 25.9. The number of aliphatic hydroxyl groups excluding tert-OH is 5. The lowest BCUT2D eigenvalue weighted by molar-refractivity contribution is -0.307. The summed E-state index contributed by atoms with van der Waals surface area (Å²) in [6.07, 6.45) is -15.9. The molecule has 3 aliphatic rings. The highest BCUT2D eigenvalue weighted by atomic mass is 32.1. The number of likely N-dealkylation sites (tertiary alicyclic amines) is 1. The molecule has 0 aromatic rings. The largest absolute Gasteiger partial charge is 0.481 e. The number of hydrogen-bond acceptors (Lipinski definition) is 22. The van der Waals surface area contributed by atoms with E-state index in [0.717, 1.165) is 11.8 Å². The number of hydrogen-bond donors (Lipinski definition) is 17. The molecule has 0 spiro atoms. The molecule has 3 fully saturated rings. The quantitative estimate of drug-likeness (QED) is 0.0278. The summed E-state index contributed by atoms with van der Waals surface area (Å²) in [5, 5.41) is 85.8. The van der Waals surface area contributed by atoms with Gasteiger partial charge < -0.3 is 114 Å². The third-order valence-corrected chi connectivity index (χ3v) is 13.9. The number of rotatable bonds is 32. The van der Waals surface area contributed by atoms with E-state index in [-0.39, 0.29) is 41.7 Å². The summed E-state index contributed by atoms with van der Waals surface area (Å²) in [4.78, 5) is 144. The number of nitrogens with zero attached hydrogens (tertiary/aromatic N) is 1. The summed E-state index contributed by atoms with van der Waals surface area (Å²) >= 11 is 10.4. The first-order valence-electron chi connectivity index (χ1n) is 27.3. The van der Waals surface area contributed by atoms with Gasteiger partial charge in [0.05, 0.1) is 42.4 Å². The van der Waals surface area contributed by atoms with E-state index in [9.17, 15) is 83.4 Å². The van der Waals surface area contributed by atoms with E-state index in [0.29, 0.717) is 6.42 Å². The lowest BCUT2D eigenvalue weighted by Crippen LogP contribution is -2.67. The number of aliphatic hydroxyl groups is 5. The van der Waals surface area contributed by atoms with Crippen LogP contribution in [-0.2, 0) is 71.7 Å². The molecule has 3 rings (SSSR count). The van der Waals surface area contributed by atoms with Crippen LogP contribution in [0.15, 0.2) is 0 Å². The van der Waals surface area contributed by atoms with E-state index in [1.807, 2.05) is 0 Å². The Bertz CT molecular complexity index is 2410. The molecule has 10 amide bonds. The Labute approximate surface area is 500 Å². The summed E-state index contributed by atoms with van der Waals surface area (Å²) in [5.74, 6) is -10.6. The zero-order valence-corrected chi connectivity index (χ0v) is 49.7. The number of carbonyl (C=O) groups is 11. The molecule has 0 bridgehead atoms. The van der Waals surface area contributed by atoms with Crippen LogP contribution in [0.4, 0.5) is 0 Å². The smallest absolute Gasteiger partial charge is 0.303 e. The van der Waals surface area contributed by atoms with Crippen molar-refractivity contribution in [2.75, 3.05) is 32.8 Å². The zero-order valence-electron chi connectivity index (χ0n) is 48.1. The molecular weight excluding hydrogens is 1170 g/mol. The first-order chi connectivity index (χ1) is 39.8. The number of carboxylic acids is 1. The third-order valence-electron chi connectivity index (χ3n) is 13.6. The second-order valence-corrected chi connectivity index (χ2v) is 22.4. The summed E-state index contributed by atoms with van der Waals surface area (Å²) in [5.41, 5.74) is 10.6. The van der Waals surface area contributed by atoms with E-state index in [4.69, 9.17) is 54.9 Å². The van der Waals surface area contributed by atoms with Crippen molar-refractivity contribution < 1.29 is 102 Å². The fourth-order valence-corrected chi connectivity index (χ4v) is 9.58. The van der Waals surface area contributed by atoms with Gasteiger partial charge in [-0.2, -0.15) is 0 Å². The number of primary amides is 2. The maximum atomic E-state index is 14.5. The molecule has 0 aromatic heterocycles. The fourth-order valence-electron chi connectivity index (χ4n) is 9.31. The Hall–Kier alpha value is -6.41. The molecule has 0 saturated carbocycles. The maximum Gasteiger partial charge on any atom is 0.303 e. The molecule has 17 atom stereocenters. The third kappa shape index (κ3) is 23.1. The average Bonchev–Trinajstić information content (AvgIpc) is 4.07. The van der Waals surface area contributed by atoms with Gasteiger partial charge in [-0.25, -0.2) is 0 Å². The minimum absolute atomic E-state index is 0.00594. The SMILES string of the molecule is CC(=O)N[C@@H](CCC(=O)O)C(=O)N[C@@H](CC(C)C)C(=O)N[C@@H](C)C(=O)N[C@@H](CCC(N)=O)C(=O)N[C@H](C(=O)NCC(=O)N1CCC[C@H]1C(=O)NCC(N)=O)[C@@H](C)O[C@H]1O[C@H](CO[C@H]2O[C@H](CO)[C@H](O)[C@H](O)[C@H]2NC(C)=S)[C@H](O)[C@H](O)[C@H]1NC(C)=S. The number of carboxylic acid groups (broad SMARTS) is 1. The van der Waals surface area contributed by atoms with Crippen LogP contribution in [0.5, 0.6) is 0 Å². The van der Waals surface area contributed by atoms with Gasteiger partial charge >= 0.3 is 5.97 Å². The van der Waals surface area contributed by atoms with Crippen molar-refractivity contribution in [1.29, 1.82) is 0 Å². The Kier molecular flexibility index (Phi) is 29.7. The highest BCUT2D eigenvalue weighted by Gasteiger charge is 2.50. The summed E-state index contributed by atoms with van der Waals surface area (Å²) in [7, 11) is 0. The first-order valence-corrected chi connectivity index (χ1v) is 28.1. The van der Waals surface area contributed by atoms with Gasteiger partial charge in [-0.05, 0) is 65.7 Å². The lowest BCUT2D eigenvalue weighted by atomic mass is 9.96. The van der Waals surface area contributed by atoms with Gasteiger partial charge in [-0.1, -0.05) is 38.3 Å². The first kappa shape index (κ1) is 72.8. The molecule has 0 aromatic carbocycles. The monoisotopic (exact) mass is 1250 g/mol. The predicted octanol–water partition coefficient (Wildman–Crippen LogP) is -7.75. The predicted molar refractivity (Wildman–Crippen MR) is 301 cm³/mol. The Balaban J connectivity index is 2.00. The van der Waals surface area contributed by atoms with E-state index >= 15 is 0 Å². The second kappa shape index (κ2) is 34.7. The minimum atomic E-state index is -1.92. The molecule has 19 N–H and O–H groups in total. The van der Waals surface area contributed by atoms with Crippen molar-refractivity contribution in [3.8, 4) is 0 Å². The maximum absolute atomic E-state index is 14.5. The van der Waals surface area contributed by atoms with E-state index < -0.39 is 214 Å². The van der Waals surface area contributed by atoms with Crippen molar-refractivity contribution in [2.45, 2.75) is 197 Å². The molecule has 0 unspecified atom stereocenters. The standard InChI is InChI=1S/C50H82N12O21S2/c1-20(2)15-28(60-44(75)26(56-23(5)64)11-13-35(68)69)46(77)55-21(3)43(74)59-27(10-12-32(51)65)45(76)61-36(48(79)54-17-34(67)62-14-8-9-29(62)47(78)53-16-33(52)66)22(4)81-50-38(58-25(7)85)42(73)40(71)31(83-50)19-80-49-37(57-24(6)84)41(72)39(70)30(18-63)82-49/h20-22,26-31,36-42,49-50,63,70-73H,8-19H2,1-7H3,(H2,51,65)(H2,52,66)(H,53,78)(H,54,79)(H,55,77)(H,56,64)(H,57,84)(H,58,85)(H,59,74)(H,60,75)(H,61,76)(H,68,69)/t21-,22+,26-,27-,28-,29-,30+,31+,36-,37+,38+,39-,40-,41+,42+,49-,50-/m0/s1. The van der Waals surface area contributed by atoms with Crippen LogP contribution in [0.25, 0.3) is 0 Å². The zero-order chi connectivity index (χ0) is 64.2. The van der Waals surface area contributed by atoms with Gasteiger partial charge in [0, 0.05) is 26.3 Å². The number of thiocarbonyl (C=S) groups is 2. The van der Waals surface area contributed by atoms with Crippen molar-refractivity contribution in [1.82, 2.24) is 52.8 Å². The molecule has 35 heteroatoms. The van der Waals surface area contributed by atoms with E-state index in [1.54, 1.807) is 13.8 Å². The van der Waals surface area contributed by atoms with Gasteiger partial charge in [-0.3, -0.25) is 52.7 Å². The topological polar surface area (TPSA) is 510 Å². The second-order valence-electron chi connectivity index (χ2n) is 21.2. The van der Waals surface area contributed by atoms with Crippen LogP contribution < -0.4 is 59.3 Å². The number of aliphatic carboxylic acids is 1. The average molecular weight is 1250 g/mol. The summed E-state index contributed by atoms with van der Waals surface area (Å²) in [6.45, 7) is 7.23. The van der Waals surface area contributed by atoms with Crippen LogP contribution in [-0.4, -0.2) is 247 Å². The van der Waals surface area contributed by atoms with Crippen molar-refractivity contribution in [3.63, 3.8) is 0 Å². The highest BCUT2D eigenvalue weighted by molar-refractivity contribution is 7.80. The number of carbonyl (C=O) groups excluding carboxylic acids is 10. The van der Waals surface area contributed by atoms with Gasteiger partial charge in [0.1, 0.15) is 85.0 Å². The van der Waals surface area contributed by atoms with E-state index in [1.165, 1.54) is 27.7 Å². The van der Waals surface area contributed by atoms with Gasteiger partial charge in [-0.15, -0.1) is 0 Å². The number of ether oxygens (including phenoxy) is 4. The van der Waals surface area contributed by atoms with Crippen molar-refractivity contribution in [2.24, 2.45) is 17.4 Å². The molecule has 85 heavy (non-hydrogen) atoms. The molecular formula is C50H82N12O21S2. The van der Waals surface area contributed by atoms with Crippen LogP contribution in [0, 0.1) is 5.92 Å². The van der Waals surface area contributed by atoms with Gasteiger partial charge in [0.25, 0.3) is 0 Å². The Morgan fingerprint density at radius 1 is 0.647 bits per heavy atom. The van der Waals surface area contributed by atoms with Crippen molar-refractivity contribution in [3.05, 3.63) is 0 Å². The number of nitrogens with two attached hydrogens (primary N) is 2. The van der Waals surface area contributed by atoms with Crippen LogP contribution in [0.1, 0.15) is 93.4 Å². The molecule has 3 heterocycles.